The lowest BCUT2D eigenvalue weighted by atomic mass is 10.1. The topological polar surface area (TPSA) is 60.9 Å². The molecular weight excluding hydrogens is 318 g/mol. The number of rotatable bonds is 6. The standard InChI is InChI=1S/C19H19N3OS/c1-14-7-9-16(10-8-14)17-11-21-19(24-13-18(20)23)22(17)12-15-5-3-2-4-6-15/h2-11H,12-13H2,1H3,(H2,20,23). The lowest BCUT2D eigenvalue weighted by Gasteiger charge is -2.12. The van der Waals surface area contributed by atoms with Crippen LogP contribution in [0, 0.1) is 6.92 Å². The van der Waals surface area contributed by atoms with Crippen LogP contribution in [0.1, 0.15) is 11.1 Å². The molecular formula is C19H19N3OS. The number of imidazole rings is 1. The van der Waals surface area contributed by atoms with Gasteiger partial charge in [-0.25, -0.2) is 4.98 Å². The maximum Gasteiger partial charge on any atom is 0.227 e. The van der Waals surface area contributed by atoms with E-state index < -0.39 is 0 Å². The first kappa shape index (κ1) is 16.3. The maximum atomic E-state index is 11.1. The van der Waals surface area contributed by atoms with Gasteiger partial charge < -0.3 is 10.3 Å². The normalized spacial score (nSPS) is 10.7. The van der Waals surface area contributed by atoms with E-state index in [1.807, 2.05) is 24.4 Å². The Morgan fingerprint density at radius 1 is 1.12 bits per heavy atom. The summed E-state index contributed by atoms with van der Waals surface area (Å²) in [6.07, 6.45) is 1.86. The highest BCUT2D eigenvalue weighted by atomic mass is 32.2. The van der Waals surface area contributed by atoms with E-state index in [1.54, 1.807) is 0 Å². The molecule has 0 saturated carbocycles. The van der Waals surface area contributed by atoms with E-state index in [0.29, 0.717) is 6.54 Å². The molecule has 0 aliphatic rings. The van der Waals surface area contributed by atoms with Crippen LogP contribution in [-0.2, 0) is 11.3 Å². The summed E-state index contributed by atoms with van der Waals surface area (Å²) in [4.78, 5) is 15.6. The highest BCUT2D eigenvalue weighted by molar-refractivity contribution is 7.99. The molecule has 122 valence electrons. The molecule has 0 atom stereocenters. The second kappa shape index (κ2) is 7.36. The van der Waals surface area contributed by atoms with Crippen LogP contribution in [-0.4, -0.2) is 21.2 Å². The van der Waals surface area contributed by atoms with E-state index in [0.717, 1.165) is 16.4 Å². The Hall–Kier alpha value is -2.53. The molecule has 0 radical (unpaired) electrons. The van der Waals surface area contributed by atoms with Crippen LogP contribution in [0.4, 0.5) is 0 Å². The number of carbonyl (C=O) groups is 1. The van der Waals surface area contributed by atoms with Gasteiger partial charge in [-0.15, -0.1) is 0 Å². The van der Waals surface area contributed by atoms with E-state index in [2.05, 4.69) is 52.9 Å². The molecule has 4 nitrogen and oxygen atoms in total. The van der Waals surface area contributed by atoms with Crippen LogP contribution in [0.15, 0.2) is 66.0 Å². The molecule has 1 aromatic heterocycles. The summed E-state index contributed by atoms with van der Waals surface area (Å²) in [5.74, 6) is -0.120. The molecule has 0 bridgehead atoms. The molecule has 0 aliphatic heterocycles. The Morgan fingerprint density at radius 2 is 1.83 bits per heavy atom. The third kappa shape index (κ3) is 3.86. The molecule has 0 unspecified atom stereocenters. The Balaban J connectivity index is 1.98. The monoisotopic (exact) mass is 337 g/mol. The molecule has 0 saturated heterocycles. The Morgan fingerprint density at radius 3 is 2.50 bits per heavy atom. The average Bonchev–Trinajstić information content (AvgIpc) is 2.97. The van der Waals surface area contributed by atoms with E-state index >= 15 is 0 Å². The van der Waals surface area contributed by atoms with Gasteiger partial charge in [0.1, 0.15) is 0 Å². The summed E-state index contributed by atoms with van der Waals surface area (Å²) >= 11 is 1.37. The van der Waals surface area contributed by atoms with Crippen LogP contribution in [0.2, 0.25) is 0 Å². The molecule has 3 aromatic rings. The predicted molar refractivity (Wildman–Crippen MR) is 97.9 cm³/mol. The van der Waals surface area contributed by atoms with Gasteiger partial charge in [0.15, 0.2) is 5.16 Å². The van der Waals surface area contributed by atoms with Gasteiger partial charge in [-0.05, 0) is 18.1 Å². The number of hydrogen-bond donors (Lipinski definition) is 1. The van der Waals surface area contributed by atoms with Crippen molar-refractivity contribution in [2.75, 3.05) is 5.75 Å². The second-order valence-electron chi connectivity index (χ2n) is 5.62. The third-order valence-corrected chi connectivity index (χ3v) is 4.71. The van der Waals surface area contributed by atoms with Gasteiger partial charge in [0.05, 0.1) is 24.2 Å². The summed E-state index contributed by atoms with van der Waals surface area (Å²) in [5, 5.41) is 0.799. The number of aromatic nitrogens is 2. The Kier molecular flexibility index (Phi) is 5.01. The van der Waals surface area contributed by atoms with Gasteiger partial charge in [0.25, 0.3) is 0 Å². The molecule has 1 amide bonds. The fourth-order valence-electron chi connectivity index (χ4n) is 2.48. The minimum absolute atomic E-state index is 0.221. The summed E-state index contributed by atoms with van der Waals surface area (Å²) in [6.45, 7) is 2.77. The van der Waals surface area contributed by atoms with Gasteiger partial charge in [-0.2, -0.15) is 0 Å². The van der Waals surface area contributed by atoms with Crippen LogP contribution >= 0.6 is 11.8 Å². The van der Waals surface area contributed by atoms with Crippen molar-refractivity contribution in [3.05, 3.63) is 71.9 Å². The number of carbonyl (C=O) groups excluding carboxylic acids is 1. The summed E-state index contributed by atoms with van der Waals surface area (Å²) in [7, 11) is 0. The molecule has 24 heavy (non-hydrogen) atoms. The Bertz CT molecular complexity index is 826. The summed E-state index contributed by atoms with van der Waals surface area (Å²) in [6, 6.07) is 18.6. The second-order valence-corrected chi connectivity index (χ2v) is 6.56. The molecule has 2 aromatic carbocycles. The fourth-order valence-corrected chi connectivity index (χ4v) is 3.20. The first-order chi connectivity index (χ1) is 11.6. The lowest BCUT2D eigenvalue weighted by Crippen LogP contribution is -2.14. The predicted octanol–water partition coefficient (Wildman–Crippen LogP) is 3.48. The maximum absolute atomic E-state index is 11.1. The van der Waals surface area contributed by atoms with Crippen LogP contribution in [0.5, 0.6) is 0 Å². The van der Waals surface area contributed by atoms with E-state index in [1.165, 1.54) is 22.9 Å². The number of nitrogens with two attached hydrogens (primary N) is 1. The number of aryl methyl sites for hydroxylation is 1. The van der Waals surface area contributed by atoms with Crippen molar-refractivity contribution >= 4 is 17.7 Å². The summed E-state index contributed by atoms with van der Waals surface area (Å²) < 4.78 is 2.13. The van der Waals surface area contributed by atoms with Crippen molar-refractivity contribution in [1.82, 2.24) is 9.55 Å². The smallest absolute Gasteiger partial charge is 0.227 e. The van der Waals surface area contributed by atoms with Crippen molar-refractivity contribution in [3.8, 4) is 11.3 Å². The van der Waals surface area contributed by atoms with E-state index in [9.17, 15) is 4.79 Å². The molecule has 5 heteroatoms. The van der Waals surface area contributed by atoms with Gasteiger partial charge in [-0.1, -0.05) is 71.9 Å². The molecule has 0 aliphatic carbocycles. The first-order valence-corrected chi connectivity index (χ1v) is 8.69. The zero-order valence-corrected chi connectivity index (χ0v) is 14.3. The van der Waals surface area contributed by atoms with Crippen molar-refractivity contribution in [2.24, 2.45) is 5.73 Å². The van der Waals surface area contributed by atoms with Crippen molar-refractivity contribution in [2.45, 2.75) is 18.6 Å². The van der Waals surface area contributed by atoms with Gasteiger partial charge in [0, 0.05) is 0 Å². The van der Waals surface area contributed by atoms with Crippen molar-refractivity contribution in [1.29, 1.82) is 0 Å². The number of thioether (sulfide) groups is 1. The van der Waals surface area contributed by atoms with Crippen LogP contribution in [0.25, 0.3) is 11.3 Å². The first-order valence-electron chi connectivity index (χ1n) is 7.71. The highest BCUT2D eigenvalue weighted by Gasteiger charge is 2.13. The van der Waals surface area contributed by atoms with Gasteiger partial charge in [-0.3, -0.25) is 4.79 Å². The number of amides is 1. The van der Waals surface area contributed by atoms with Gasteiger partial charge in [0.2, 0.25) is 5.91 Å². The lowest BCUT2D eigenvalue weighted by molar-refractivity contribution is -0.115. The largest absolute Gasteiger partial charge is 0.369 e. The number of primary amides is 1. The molecule has 3 rings (SSSR count). The number of benzene rings is 2. The minimum atomic E-state index is -0.342. The number of nitrogens with zero attached hydrogens (tertiary/aromatic N) is 2. The number of hydrogen-bond acceptors (Lipinski definition) is 3. The molecule has 0 spiro atoms. The summed E-state index contributed by atoms with van der Waals surface area (Å²) in [5.41, 5.74) is 9.82. The molecule has 2 N–H and O–H groups in total. The third-order valence-electron chi connectivity index (χ3n) is 3.69. The zero-order valence-electron chi connectivity index (χ0n) is 13.5. The van der Waals surface area contributed by atoms with Crippen molar-refractivity contribution < 1.29 is 4.79 Å². The fraction of sp³-hybridized carbons (Fsp3) is 0.158. The SMILES string of the molecule is Cc1ccc(-c2cnc(SCC(N)=O)n2Cc2ccccc2)cc1. The zero-order chi connectivity index (χ0) is 16.9. The minimum Gasteiger partial charge on any atom is -0.369 e. The highest BCUT2D eigenvalue weighted by Crippen LogP contribution is 2.27. The quantitative estimate of drug-likeness (QED) is 0.701. The van der Waals surface area contributed by atoms with Crippen LogP contribution in [0.3, 0.4) is 0 Å². The average molecular weight is 337 g/mol. The molecule has 1 heterocycles. The van der Waals surface area contributed by atoms with Gasteiger partial charge >= 0.3 is 0 Å². The van der Waals surface area contributed by atoms with Crippen LogP contribution < -0.4 is 5.73 Å². The Labute approximate surface area is 145 Å². The molecule has 0 fully saturated rings. The van der Waals surface area contributed by atoms with E-state index in [-0.39, 0.29) is 11.7 Å². The van der Waals surface area contributed by atoms with E-state index in [4.69, 9.17) is 5.73 Å². The van der Waals surface area contributed by atoms with Crippen molar-refractivity contribution in [3.63, 3.8) is 0 Å².